The van der Waals surface area contributed by atoms with E-state index in [2.05, 4.69) is 36.8 Å². The van der Waals surface area contributed by atoms with Gasteiger partial charge in [-0.05, 0) is 32.4 Å². The molecule has 3 N–H and O–H groups in total. The van der Waals surface area contributed by atoms with Crippen LogP contribution < -0.4 is 21.7 Å². The summed E-state index contributed by atoms with van der Waals surface area (Å²) in [4.78, 5) is 44.5. The van der Waals surface area contributed by atoms with Gasteiger partial charge in [-0.3, -0.25) is 24.6 Å². The standard InChI is InChI=1S/C19H22N6O4/c1-5-8-29-19(28)24-23-17-18(27)25(13(3)9-21-17)11-16(26)20-10-15-7-6-12(2)22-14(15)4/h1,6-7,9H,8,10-11H2,2-4H3,(H,20,26)(H,21,23)(H,24,28). The van der Waals surface area contributed by atoms with Crippen LogP contribution in [0, 0.1) is 33.1 Å². The Hall–Kier alpha value is -3.87. The van der Waals surface area contributed by atoms with E-state index >= 15 is 0 Å². The van der Waals surface area contributed by atoms with Crippen molar-refractivity contribution in [2.45, 2.75) is 33.9 Å². The molecule has 0 saturated carbocycles. The minimum atomic E-state index is -0.865. The van der Waals surface area contributed by atoms with Crippen LogP contribution in [-0.2, 0) is 22.6 Å². The lowest BCUT2D eigenvalue weighted by Crippen LogP contribution is -2.38. The van der Waals surface area contributed by atoms with Gasteiger partial charge >= 0.3 is 6.09 Å². The number of nitrogens with zero attached hydrogens (tertiary/aromatic N) is 3. The summed E-state index contributed by atoms with van der Waals surface area (Å²) in [7, 11) is 0. The molecule has 10 heteroatoms. The van der Waals surface area contributed by atoms with Crippen LogP contribution >= 0.6 is 0 Å². The second-order valence-electron chi connectivity index (χ2n) is 6.14. The number of hydrogen-bond donors (Lipinski definition) is 3. The molecule has 0 radical (unpaired) electrons. The lowest BCUT2D eigenvalue weighted by atomic mass is 10.2. The molecule has 10 nitrogen and oxygen atoms in total. The van der Waals surface area contributed by atoms with Gasteiger partial charge in [0.25, 0.3) is 5.56 Å². The van der Waals surface area contributed by atoms with E-state index in [0.717, 1.165) is 17.0 Å². The number of rotatable bonds is 7. The molecule has 2 amide bonds. The zero-order valence-corrected chi connectivity index (χ0v) is 16.4. The number of pyridine rings is 1. The summed E-state index contributed by atoms with van der Waals surface area (Å²) < 4.78 is 5.84. The Bertz CT molecular complexity index is 1010. The molecule has 2 heterocycles. The Morgan fingerprint density at radius 1 is 1.28 bits per heavy atom. The highest BCUT2D eigenvalue weighted by atomic mass is 16.5. The lowest BCUT2D eigenvalue weighted by Gasteiger charge is -2.13. The first-order valence-corrected chi connectivity index (χ1v) is 8.70. The minimum Gasteiger partial charge on any atom is -0.435 e. The summed E-state index contributed by atoms with van der Waals surface area (Å²) in [5.74, 6) is 1.62. The molecule has 0 saturated heterocycles. The van der Waals surface area contributed by atoms with Crippen molar-refractivity contribution in [3.05, 3.63) is 51.3 Å². The van der Waals surface area contributed by atoms with Crippen molar-refractivity contribution in [3.63, 3.8) is 0 Å². The van der Waals surface area contributed by atoms with E-state index in [1.165, 1.54) is 10.8 Å². The number of carbonyl (C=O) groups is 2. The van der Waals surface area contributed by atoms with Crippen molar-refractivity contribution < 1.29 is 14.3 Å². The van der Waals surface area contributed by atoms with Gasteiger partial charge in [-0.15, -0.1) is 6.42 Å². The van der Waals surface area contributed by atoms with Crippen LogP contribution in [0.2, 0.25) is 0 Å². The second kappa shape index (κ2) is 9.89. The van der Waals surface area contributed by atoms with Gasteiger partial charge in [0.15, 0.2) is 6.61 Å². The zero-order chi connectivity index (χ0) is 21.4. The summed E-state index contributed by atoms with van der Waals surface area (Å²) in [6.07, 6.45) is 5.52. The largest absolute Gasteiger partial charge is 0.435 e. The fraction of sp³-hybridized carbons (Fsp3) is 0.316. The van der Waals surface area contributed by atoms with Crippen LogP contribution in [0.1, 0.15) is 22.6 Å². The maximum atomic E-state index is 12.5. The van der Waals surface area contributed by atoms with Crippen molar-refractivity contribution in [2.75, 3.05) is 12.0 Å². The number of carbonyl (C=O) groups excluding carboxylic acids is 2. The van der Waals surface area contributed by atoms with Gasteiger partial charge in [-0.1, -0.05) is 12.0 Å². The van der Waals surface area contributed by atoms with Gasteiger partial charge in [0.1, 0.15) is 6.54 Å². The molecule has 0 aliphatic carbocycles. The van der Waals surface area contributed by atoms with Crippen LogP contribution in [-0.4, -0.2) is 33.1 Å². The molecular weight excluding hydrogens is 376 g/mol. The molecule has 0 aliphatic heterocycles. The summed E-state index contributed by atoms with van der Waals surface area (Å²) in [5.41, 5.74) is 7.02. The summed E-state index contributed by atoms with van der Waals surface area (Å²) in [6.45, 7) is 5.28. The Balaban J connectivity index is 2.02. The lowest BCUT2D eigenvalue weighted by molar-refractivity contribution is -0.121. The molecule has 0 aromatic carbocycles. The van der Waals surface area contributed by atoms with Gasteiger partial charge in [0.2, 0.25) is 11.7 Å². The average Bonchev–Trinajstić information content (AvgIpc) is 2.68. The highest BCUT2D eigenvalue weighted by Crippen LogP contribution is 2.06. The van der Waals surface area contributed by atoms with Gasteiger partial charge in [-0.2, -0.15) is 0 Å². The number of hydrogen-bond acceptors (Lipinski definition) is 7. The van der Waals surface area contributed by atoms with Crippen LogP contribution in [0.15, 0.2) is 23.1 Å². The Morgan fingerprint density at radius 2 is 2.03 bits per heavy atom. The molecule has 2 rings (SSSR count). The quantitative estimate of drug-likeness (QED) is 0.459. The monoisotopic (exact) mass is 398 g/mol. The van der Waals surface area contributed by atoms with Crippen molar-refractivity contribution in [1.29, 1.82) is 0 Å². The topological polar surface area (TPSA) is 127 Å². The highest BCUT2D eigenvalue weighted by molar-refractivity contribution is 5.76. The van der Waals surface area contributed by atoms with E-state index in [1.807, 2.05) is 26.0 Å². The number of hydrazine groups is 1. The number of aromatic nitrogens is 3. The van der Waals surface area contributed by atoms with E-state index in [1.54, 1.807) is 6.92 Å². The van der Waals surface area contributed by atoms with E-state index in [9.17, 15) is 14.4 Å². The molecular formula is C19H22N6O4. The van der Waals surface area contributed by atoms with Crippen molar-refractivity contribution in [1.82, 2.24) is 25.3 Å². The maximum absolute atomic E-state index is 12.5. The first-order valence-electron chi connectivity index (χ1n) is 8.70. The number of aryl methyl sites for hydroxylation is 3. The smallest absolute Gasteiger partial charge is 0.426 e. The molecule has 0 fully saturated rings. The molecule has 0 atom stereocenters. The van der Waals surface area contributed by atoms with Crippen molar-refractivity contribution in [2.24, 2.45) is 0 Å². The number of amides is 2. The zero-order valence-electron chi connectivity index (χ0n) is 16.4. The van der Waals surface area contributed by atoms with Crippen LogP contribution in [0.25, 0.3) is 0 Å². The van der Waals surface area contributed by atoms with E-state index in [4.69, 9.17) is 6.42 Å². The van der Waals surface area contributed by atoms with Gasteiger partial charge in [0, 0.05) is 29.8 Å². The van der Waals surface area contributed by atoms with Crippen molar-refractivity contribution in [3.8, 4) is 12.3 Å². The summed E-state index contributed by atoms with van der Waals surface area (Å²) in [6, 6.07) is 3.76. The maximum Gasteiger partial charge on any atom is 0.426 e. The molecule has 0 aliphatic rings. The van der Waals surface area contributed by atoms with Crippen molar-refractivity contribution >= 4 is 17.8 Å². The third-order valence-corrected chi connectivity index (χ3v) is 3.94. The fourth-order valence-electron chi connectivity index (χ4n) is 2.40. The number of terminal acetylenes is 1. The third kappa shape index (κ3) is 6.07. The number of nitrogens with one attached hydrogen (secondary N) is 3. The summed E-state index contributed by atoms with van der Waals surface area (Å²) >= 11 is 0. The van der Waals surface area contributed by atoms with Gasteiger partial charge < -0.3 is 10.1 Å². The number of ether oxygens (including phenoxy) is 1. The second-order valence-corrected chi connectivity index (χ2v) is 6.14. The first-order chi connectivity index (χ1) is 13.8. The molecule has 29 heavy (non-hydrogen) atoms. The molecule has 2 aromatic heterocycles. The van der Waals surface area contributed by atoms with Gasteiger partial charge in [0.05, 0.1) is 0 Å². The van der Waals surface area contributed by atoms with Crippen LogP contribution in [0.5, 0.6) is 0 Å². The Kier molecular flexibility index (Phi) is 7.31. The molecule has 2 aromatic rings. The summed E-state index contributed by atoms with van der Waals surface area (Å²) in [5, 5.41) is 2.77. The minimum absolute atomic E-state index is 0.167. The Morgan fingerprint density at radius 3 is 2.72 bits per heavy atom. The highest BCUT2D eigenvalue weighted by Gasteiger charge is 2.13. The predicted molar refractivity (Wildman–Crippen MR) is 106 cm³/mol. The van der Waals surface area contributed by atoms with E-state index < -0.39 is 11.7 Å². The fourth-order valence-corrected chi connectivity index (χ4v) is 2.40. The SMILES string of the molecule is C#CCOC(=O)NNc1ncc(C)n(CC(=O)NCc2ccc(C)nc2C)c1=O. The van der Waals surface area contributed by atoms with E-state index in [-0.39, 0.29) is 24.9 Å². The normalized spacial score (nSPS) is 10.0. The Labute approximate surface area is 167 Å². The first kappa shape index (κ1) is 21.4. The predicted octanol–water partition coefficient (Wildman–Crippen LogP) is 0.566. The molecule has 0 spiro atoms. The van der Waals surface area contributed by atoms with Crippen LogP contribution in [0.4, 0.5) is 10.6 Å². The molecule has 0 unspecified atom stereocenters. The number of anilines is 1. The third-order valence-electron chi connectivity index (χ3n) is 3.94. The van der Waals surface area contributed by atoms with Gasteiger partial charge in [-0.25, -0.2) is 15.2 Å². The molecule has 152 valence electrons. The molecule has 0 bridgehead atoms. The van der Waals surface area contributed by atoms with E-state index in [0.29, 0.717) is 12.2 Å². The average molecular weight is 398 g/mol. The van der Waals surface area contributed by atoms with Crippen LogP contribution in [0.3, 0.4) is 0 Å².